The predicted octanol–water partition coefficient (Wildman–Crippen LogP) is -1.50. The van der Waals surface area contributed by atoms with Crippen LogP contribution in [0.3, 0.4) is 0 Å². The molecule has 1 fully saturated rings. The van der Waals surface area contributed by atoms with Gasteiger partial charge in [0.1, 0.15) is 18.5 Å². The first-order valence-corrected chi connectivity index (χ1v) is 4.28. The monoisotopic (exact) mass is 200 g/mol. The summed E-state index contributed by atoms with van der Waals surface area (Å²) in [4.78, 5) is 3.70. The smallest absolute Gasteiger partial charge is 0.239 e. The molecule has 1 aliphatic heterocycles. The number of ether oxygens (including phenoxy) is 1. The summed E-state index contributed by atoms with van der Waals surface area (Å²) in [6, 6.07) is 0. The van der Waals surface area contributed by atoms with Crippen molar-refractivity contribution in [2.45, 2.75) is 31.5 Å². The van der Waals surface area contributed by atoms with Gasteiger partial charge in [-0.2, -0.15) is 0 Å². The zero-order valence-corrected chi connectivity index (χ0v) is 7.61. The molecule has 7 nitrogen and oxygen atoms in total. The van der Waals surface area contributed by atoms with Gasteiger partial charge in [0.2, 0.25) is 5.95 Å². The maximum Gasteiger partial charge on any atom is 0.239 e. The summed E-state index contributed by atoms with van der Waals surface area (Å²) in [6.45, 7) is 1.67. The Labute approximate surface area is 80.1 Å². The lowest BCUT2D eigenvalue weighted by molar-refractivity contribution is -0.0397. The van der Waals surface area contributed by atoms with Gasteiger partial charge in [0, 0.05) is 0 Å². The van der Waals surface area contributed by atoms with Gasteiger partial charge >= 0.3 is 0 Å². The van der Waals surface area contributed by atoms with E-state index < -0.39 is 24.5 Å². The summed E-state index contributed by atoms with van der Waals surface area (Å²) in [5.41, 5.74) is 5.32. The molecule has 14 heavy (non-hydrogen) atoms. The van der Waals surface area contributed by atoms with Crippen LogP contribution in [0.15, 0.2) is 6.33 Å². The molecule has 0 unspecified atom stereocenters. The van der Waals surface area contributed by atoms with Crippen molar-refractivity contribution < 1.29 is 14.9 Å². The van der Waals surface area contributed by atoms with Gasteiger partial charge in [-0.25, -0.2) is 9.67 Å². The normalized spacial score (nSPS) is 37.6. The maximum absolute atomic E-state index is 9.59. The van der Waals surface area contributed by atoms with Gasteiger partial charge in [-0.05, 0) is 6.92 Å². The third-order valence-corrected chi connectivity index (χ3v) is 2.26. The highest BCUT2D eigenvalue weighted by Crippen LogP contribution is 2.28. The number of nitrogen functional groups attached to an aromatic ring is 1. The van der Waals surface area contributed by atoms with E-state index in [1.54, 1.807) is 6.92 Å². The SMILES string of the molecule is C[C@H]1O[C@@H](n2cnc(N)n2)[C@H](O)[C@@H]1O. The van der Waals surface area contributed by atoms with Crippen molar-refractivity contribution >= 4 is 5.95 Å². The zero-order chi connectivity index (χ0) is 10.3. The van der Waals surface area contributed by atoms with Crippen molar-refractivity contribution in [2.75, 3.05) is 5.73 Å². The van der Waals surface area contributed by atoms with Crippen molar-refractivity contribution in [1.29, 1.82) is 0 Å². The van der Waals surface area contributed by atoms with Gasteiger partial charge in [0.15, 0.2) is 6.23 Å². The number of aliphatic hydroxyl groups is 2. The highest BCUT2D eigenvalue weighted by Gasteiger charge is 2.41. The van der Waals surface area contributed by atoms with Crippen LogP contribution in [0.2, 0.25) is 0 Å². The third-order valence-electron chi connectivity index (χ3n) is 2.26. The second-order valence-corrected chi connectivity index (χ2v) is 3.30. The van der Waals surface area contributed by atoms with Crippen LogP contribution in [0.4, 0.5) is 5.95 Å². The second kappa shape index (κ2) is 3.19. The van der Waals surface area contributed by atoms with Crippen LogP contribution in [0.25, 0.3) is 0 Å². The third kappa shape index (κ3) is 1.35. The van der Waals surface area contributed by atoms with Crippen molar-refractivity contribution in [2.24, 2.45) is 0 Å². The van der Waals surface area contributed by atoms with Gasteiger partial charge in [0.25, 0.3) is 0 Å². The predicted molar refractivity (Wildman–Crippen MR) is 46.0 cm³/mol. The maximum atomic E-state index is 9.59. The summed E-state index contributed by atoms with van der Waals surface area (Å²) >= 11 is 0. The van der Waals surface area contributed by atoms with E-state index in [9.17, 15) is 10.2 Å². The molecular formula is C7H12N4O3. The second-order valence-electron chi connectivity index (χ2n) is 3.30. The highest BCUT2D eigenvalue weighted by molar-refractivity contribution is 5.09. The van der Waals surface area contributed by atoms with Crippen molar-refractivity contribution in [3.8, 4) is 0 Å². The first-order chi connectivity index (χ1) is 6.59. The Kier molecular flexibility index (Phi) is 2.14. The zero-order valence-electron chi connectivity index (χ0n) is 7.61. The molecule has 7 heteroatoms. The molecule has 0 amide bonds. The van der Waals surface area contributed by atoms with Crippen LogP contribution in [0.1, 0.15) is 13.2 Å². The Morgan fingerprint density at radius 3 is 2.64 bits per heavy atom. The van der Waals surface area contributed by atoms with Gasteiger partial charge in [0.05, 0.1) is 6.10 Å². The summed E-state index contributed by atoms with van der Waals surface area (Å²) in [5.74, 6) is 0.106. The molecule has 4 atom stereocenters. The Bertz CT molecular complexity index is 328. The fourth-order valence-electron chi connectivity index (χ4n) is 1.46. The molecule has 0 saturated carbocycles. The van der Waals surface area contributed by atoms with Gasteiger partial charge in [-0.3, -0.25) is 0 Å². The molecule has 4 N–H and O–H groups in total. The number of rotatable bonds is 1. The molecule has 1 aromatic rings. The van der Waals surface area contributed by atoms with Crippen molar-refractivity contribution in [3.63, 3.8) is 0 Å². The molecule has 78 valence electrons. The van der Waals surface area contributed by atoms with E-state index in [-0.39, 0.29) is 5.95 Å². The standard InChI is InChI=1S/C7H12N4O3/c1-3-4(12)5(13)6(14-3)11-2-9-7(8)10-11/h2-6,12-13H,1H3,(H2,8,10)/t3-,4-,5-,6-/m1/s1. The van der Waals surface area contributed by atoms with Crippen molar-refractivity contribution in [1.82, 2.24) is 14.8 Å². The minimum Gasteiger partial charge on any atom is -0.388 e. The minimum atomic E-state index is -1.01. The number of hydrogen-bond donors (Lipinski definition) is 3. The Balaban J connectivity index is 2.20. The first-order valence-electron chi connectivity index (χ1n) is 4.28. The van der Waals surface area contributed by atoms with E-state index in [0.717, 1.165) is 0 Å². The summed E-state index contributed by atoms with van der Waals surface area (Å²) in [6.07, 6.45) is -1.71. The largest absolute Gasteiger partial charge is 0.388 e. The number of aromatic nitrogens is 3. The Hall–Kier alpha value is -1.18. The van der Waals surface area contributed by atoms with Gasteiger partial charge in [-0.15, -0.1) is 5.10 Å². The van der Waals surface area contributed by atoms with E-state index in [4.69, 9.17) is 10.5 Å². The van der Waals surface area contributed by atoms with Crippen molar-refractivity contribution in [3.05, 3.63) is 6.33 Å². The molecule has 1 aromatic heterocycles. The van der Waals surface area contributed by atoms with Crippen LogP contribution < -0.4 is 5.73 Å². The molecule has 0 spiro atoms. The van der Waals surface area contributed by atoms with Crippen LogP contribution in [-0.2, 0) is 4.74 Å². The van der Waals surface area contributed by atoms with Crippen LogP contribution in [-0.4, -0.2) is 43.3 Å². The fourth-order valence-corrected chi connectivity index (χ4v) is 1.46. The number of anilines is 1. The van der Waals surface area contributed by atoms with Gasteiger partial charge < -0.3 is 20.7 Å². The van der Waals surface area contributed by atoms with E-state index in [1.165, 1.54) is 11.0 Å². The summed E-state index contributed by atoms with van der Waals surface area (Å²) in [7, 11) is 0. The van der Waals surface area contributed by atoms with Crippen LogP contribution >= 0.6 is 0 Å². The molecule has 1 saturated heterocycles. The lowest BCUT2D eigenvalue weighted by atomic mass is 10.1. The Morgan fingerprint density at radius 2 is 2.21 bits per heavy atom. The molecule has 0 aromatic carbocycles. The molecule has 0 bridgehead atoms. The number of aliphatic hydroxyl groups excluding tert-OH is 2. The molecule has 2 heterocycles. The number of nitrogens with zero attached hydrogens (tertiary/aromatic N) is 3. The molecule has 1 aliphatic rings. The lowest BCUT2D eigenvalue weighted by Gasteiger charge is -2.13. The number of nitrogens with two attached hydrogens (primary N) is 1. The van der Waals surface area contributed by atoms with E-state index in [2.05, 4.69) is 10.1 Å². The van der Waals surface area contributed by atoms with Crippen LogP contribution in [0.5, 0.6) is 0 Å². The highest BCUT2D eigenvalue weighted by atomic mass is 16.6. The first kappa shape index (κ1) is 9.38. The van der Waals surface area contributed by atoms with E-state index in [1.807, 2.05) is 0 Å². The lowest BCUT2D eigenvalue weighted by Crippen LogP contribution is -2.30. The van der Waals surface area contributed by atoms with Crippen LogP contribution in [0, 0.1) is 0 Å². The van der Waals surface area contributed by atoms with E-state index in [0.29, 0.717) is 0 Å². The fraction of sp³-hybridized carbons (Fsp3) is 0.714. The minimum absolute atomic E-state index is 0.106. The van der Waals surface area contributed by atoms with Gasteiger partial charge in [-0.1, -0.05) is 0 Å². The average Bonchev–Trinajstić information content (AvgIpc) is 2.66. The molecule has 0 radical (unpaired) electrons. The Morgan fingerprint density at radius 1 is 1.50 bits per heavy atom. The molecular weight excluding hydrogens is 188 g/mol. The topological polar surface area (TPSA) is 106 Å². The average molecular weight is 200 g/mol. The molecule has 2 rings (SSSR count). The summed E-state index contributed by atoms with van der Waals surface area (Å²) < 4.78 is 6.59. The summed E-state index contributed by atoms with van der Waals surface area (Å²) in [5, 5.41) is 22.8. The van der Waals surface area contributed by atoms with E-state index >= 15 is 0 Å². The quantitative estimate of drug-likeness (QED) is 0.509. The number of hydrogen-bond acceptors (Lipinski definition) is 6. The molecule has 0 aliphatic carbocycles.